The van der Waals surface area contributed by atoms with Gasteiger partial charge in [-0.2, -0.15) is 10.1 Å². The van der Waals surface area contributed by atoms with E-state index in [1.165, 1.54) is 12.1 Å². The Hall–Kier alpha value is -3.49. The van der Waals surface area contributed by atoms with Crippen LogP contribution in [0, 0.1) is 17.0 Å². The topological polar surface area (TPSA) is 122 Å². The van der Waals surface area contributed by atoms with Gasteiger partial charge in [0.15, 0.2) is 5.82 Å². The summed E-state index contributed by atoms with van der Waals surface area (Å²) >= 11 is 0. The predicted molar refractivity (Wildman–Crippen MR) is 85.0 cm³/mol. The minimum Gasteiger partial charge on any atom is -0.324 e. The van der Waals surface area contributed by atoms with E-state index in [0.717, 1.165) is 5.69 Å². The van der Waals surface area contributed by atoms with Crippen molar-refractivity contribution in [3.63, 3.8) is 0 Å². The molecule has 1 aromatic carbocycles. The molecule has 2 heterocycles. The molecule has 0 spiro atoms. The molecule has 0 unspecified atom stereocenters. The molecule has 116 valence electrons. The van der Waals surface area contributed by atoms with Crippen molar-refractivity contribution < 1.29 is 4.92 Å². The molecule has 23 heavy (non-hydrogen) atoms. The maximum atomic E-state index is 10.8. The third-order valence-corrected chi connectivity index (χ3v) is 2.93. The average molecular weight is 311 g/mol. The van der Waals surface area contributed by atoms with Crippen LogP contribution < -0.4 is 10.6 Å². The highest BCUT2D eigenvalue weighted by atomic mass is 16.6. The zero-order valence-corrected chi connectivity index (χ0v) is 12.1. The molecule has 0 aliphatic carbocycles. The highest BCUT2D eigenvalue weighted by Gasteiger charge is 2.07. The Morgan fingerprint density at radius 1 is 1.17 bits per heavy atom. The van der Waals surface area contributed by atoms with E-state index >= 15 is 0 Å². The van der Waals surface area contributed by atoms with E-state index in [-0.39, 0.29) is 5.69 Å². The number of nitrogens with one attached hydrogen (secondary N) is 3. The largest absolute Gasteiger partial charge is 0.324 e. The zero-order chi connectivity index (χ0) is 16.2. The van der Waals surface area contributed by atoms with E-state index in [4.69, 9.17) is 0 Å². The number of nitrogens with zero attached hydrogens (tertiary/aromatic N) is 4. The van der Waals surface area contributed by atoms with Gasteiger partial charge in [0, 0.05) is 35.8 Å². The molecule has 3 aromatic rings. The van der Waals surface area contributed by atoms with E-state index in [0.29, 0.717) is 23.3 Å². The summed E-state index contributed by atoms with van der Waals surface area (Å²) < 4.78 is 0. The molecule has 2 aromatic heterocycles. The molecule has 3 rings (SSSR count). The summed E-state index contributed by atoms with van der Waals surface area (Å²) in [6.45, 7) is 1.90. The van der Waals surface area contributed by atoms with Gasteiger partial charge in [-0.3, -0.25) is 15.2 Å². The van der Waals surface area contributed by atoms with E-state index in [1.54, 1.807) is 24.4 Å². The summed E-state index contributed by atoms with van der Waals surface area (Å²) in [4.78, 5) is 18.7. The molecule has 0 radical (unpaired) electrons. The Morgan fingerprint density at radius 3 is 2.78 bits per heavy atom. The molecule has 0 saturated carbocycles. The second-order valence-electron chi connectivity index (χ2n) is 4.76. The predicted octanol–water partition coefficient (Wildman–Crippen LogP) is 2.90. The van der Waals surface area contributed by atoms with Crippen molar-refractivity contribution >= 4 is 29.0 Å². The SMILES string of the molecule is Cc1cc(Nc2ccnc(Nc3cccc([N+](=O)[O-])c3)n2)n[nH]1. The lowest BCUT2D eigenvalue weighted by atomic mass is 10.3. The van der Waals surface area contributed by atoms with Crippen LogP contribution in [0.15, 0.2) is 42.6 Å². The van der Waals surface area contributed by atoms with Crippen LogP contribution in [-0.4, -0.2) is 25.1 Å². The normalized spacial score (nSPS) is 10.3. The number of anilines is 4. The van der Waals surface area contributed by atoms with Crippen LogP contribution in [0.4, 0.5) is 29.0 Å². The van der Waals surface area contributed by atoms with Gasteiger partial charge in [0.25, 0.3) is 5.69 Å². The Bertz CT molecular complexity index is 846. The molecule has 9 nitrogen and oxygen atoms in total. The number of non-ortho nitro benzene ring substituents is 1. The molecule has 0 saturated heterocycles. The fourth-order valence-electron chi connectivity index (χ4n) is 1.93. The third kappa shape index (κ3) is 3.59. The molecule has 0 aliphatic heterocycles. The first-order valence-corrected chi connectivity index (χ1v) is 6.74. The first-order chi connectivity index (χ1) is 11.1. The summed E-state index contributed by atoms with van der Waals surface area (Å²) in [6.07, 6.45) is 1.58. The van der Waals surface area contributed by atoms with Crippen LogP contribution in [0.1, 0.15) is 5.69 Å². The van der Waals surface area contributed by atoms with Crippen molar-refractivity contribution in [3.8, 4) is 0 Å². The number of nitro groups is 1. The van der Waals surface area contributed by atoms with E-state index < -0.39 is 4.92 Å². The van der Waals surface area contributed by atoms with E-state index in [2.05, 4.69) is 30.8 Å². The number of aromatic amines is 1. The monoisotopic (exact) mass is 311 g/mol. The van der Waals surface area contributed by atoms with Gasteiger partial charge in [-0.15, -0.1) is 0 Å². The van der Waals surface area contributed by atoms with Crippen molar-refractivity contribution in [2.75, 3.05) is 10.6 Å². The quantitative estimate of drug-likeness (QED) is 0.489. The molecule has 0 bridgehead atoms. The molecule has 9 heteroatoms. The van der Waals surface area contributed by atoms with Crippen LogP contribution in [0.2, 0.25) is 0 Å². The fraction of sp³-hybridized carbons (Fsp3) is 0.0714. The Morgan fingerprint density at radius 2 is 2.04 bits per heavy atom. The summed E-state index contributed by atoms with van der Waals surface area (Å²) in [5.41, 5.74) is 1.46. The number of aryl methyl sites for hydroxylation is 1. The van der Waals surface area contributed by atoms with Crippen molar-refractivity contribution in [3.05, 3.63) is 58.4 Å². The Labute approximate surface area is 130 Å². The zero-order valence-electron chi connectivity index (χ0n) is 12.1. The van der Waals surface area contributed by atoms with Gasteiger partial charge < -0.3 is 10.6 Å². The molecule has 0 aliphatic rings. The number of aromatic nitrogens is 4. The van der Waals surface area contributed by atoms with Gasteiger partial charge in [-0.1, -0.05) is 6.07 Å². The minimum atomic E-state index is -0.454. The van der Waals surface area contributed by atoms with Crippen LogP contribution in [-0.2, 0) is 0 Å². The van der Waals surface area contributed by atoms with E-state index in [9.17, 15) is 10.1 Å². The Balaban J connectivity index is 1.77. The van der Waals surface area contributed by atoms with Crippen molar-refractivity contribution in [2.45, 2.75) is 6.92 Å². The average Bonchev–Trinajstić information content (AvgIpc) is 2.93. The van der Waals surface area contributed by atoms with Crippen LogP contribution >= 0.6 is 0 Å². The number of rotatable bonds is 5. The number of H-pyrrole nitrogens is 1. The summed E-state index contributed by atoms with van der Waals surface area (Å²) in [5.74, 6) is 1.52. The second kappa shape index (κ2) is 6.10. The molecular formula is C14H13N7O2. The maximum Gasteiger partial charge on any atom is 0.271 e. The lowest BCUT2D eigenvalue weighted by Crippen LogP contribution is -2.01. The van der Waals surface area contributed by atoms with Gasteiger partial charge in [0.2, 0.25) is 5.95 Å². The van der Waals surface area contributed by atoms with Crippen molar-refractivity contribution in [1.29, 1.82) is 0 Å². The second-order valence-corrected chi connectivity index (χ2v) is 4.76. The minimum absolute atomic E-state index is 0.00345. The maximum absolute atomic E-state index is 10.8. The lowest BCUT2D eigenvalue weighted by molar-refractivity contribution is -0.384. The van der Waals surface area contributed by atoms with Gasteiger partial charge in [-0.05, 0) is 19.1 Å². The molecule has 0 atom stereocenters. The van der Waals surface area contributed by atoms with Gasteiger partial charge >= 0.3 is 0 Å². The highest BCUT2D eigenvalue weighted by molar-refractivity contribution is 5.59. The number of nitro benzene ring substituents is 1. The molecule has 3 N–H and O–H groups in total. The van der Waals surface area contributed by atoms with Gasteiger partial charge in [-0.25, -0.2) is 4.98 Å². The van der Waals surface area contributed by atoms with Crippen molar-refractivity contribution in [1.82, 2.24) is 20.2 Å². The van der Waals surface area contributed by atoms with Crippen LogP contribution in [0.5, 0.6) is 0 Å². The summed E-state index contributed by atoms with van der Waals surface area (Å²) in [6, 6.07) is 9.67. The van der Waals surface area contributed by atoms with Crippen LogP contribution in [0.3, 0.4) is 0 Å². The highest BCUT2D eigenvalue weighted by Crippen LogP contribution is 2.20. The summed E-state index contributed by atoms with van der Waals surface area (Å²) in [7, 11) is 0. The van der Waals surface area contributed by atoms with Gasteiger partial charge in [0.1, 0.15) is 5.82 Å². The Kier molecular flexibility index (Phi) is 3.83. The molecule has 0 amide bonds. The van der Waals surface area contributed by atoms with Crippen molar-refractivity contribution in [2.24, 2.45) is 0 Å². The first-order valence-electron chi connectivity index (χ1n) is 6.74. The van der Waals surface area contributed by atoms with E-state index in [1.807, 2.05) is 13.0 Å². The van der Waals surface area contributed by atoms with Gasteiger partial charge in [0.05, 0.1) is 4.92 Å². The molecule has 0 fully saturated rings. The number of hydrogen-bond donors (Lipinski definition) is 3. The van der Waals surface area contributed by atoms with Crippen LogP contribution in [0.25, 0.3) is 0 Å². The molecular weight excluding hydrogens is 298 g/mol. The smallest absolute Gasteiger partial charge is 0.271 e. The first kappa shape index (κ1) is 14.4. The summed E-state index contributed by atoms with van der Waals surface area (Å²) in [5, 5.41) is 23.7. The number of benzene rings is 1. The fourth-order valence-corrected chi connectivity index (χ4v) is 1.93. The number of hydrogen-bond acceptors (Lipinski definition) is 7. The lowest BCUT2D eigenvalue weighted by Gasteiger charge is -2.06. The standard InChI is InChI=1S/C14H13N7O2/c1-9-7-13(20-19-9)17-12-5-6-15-14(18-12)16-10-3-2-4-11(8-10)21(22)23/h2-8H,1H3,(H3,15,16,17,18,19,20). The third-order valence-electron chi connectivity index (χ3n) is 2.93.